The fourth-order valence-electron chi connectivity index (χ4n) is 4.91. The molecule has 1 aliphatic carbocycles. The molecular weight excluding hydrogens is 671 g/mol. The predicted octanol–water partition coefficient (Wildman–Crippen LogP) is 11.2. The fraction of sp³-hybridized carbons (Fsp3) is 0.244. The molecule has 0 bridgehead atoms. The maximum Gasteiger partial charge on any atom is 4.00 e. The van der Waals surface area contributed by atoms with Crippen LogP contribution in [0.3, 0.4) is 0 Å². The van der Waals surface area contributed by atoms with Crippen LogP contribution in [0.15, 0.2) is 121 Å². The van der Waals surface area contributed by atoms with E-state index in [4.69, 9.17) is 0 Å². The van der Waals surface area contributed by atoms with Crippen molar-refractivity contribution in [2.75, 3.05) is 0 Å². The van der Waals surface area contributed by atoms with Crippen molar-refractivity contribution < 1.29 is 25.8 Å². The number of rotatable bonds is 2. The Kier molecular flexibility index (Phi) is 13.1. The third kappa shape index (κ3) is 9.30. The molecule has 0 saturated heterocycles. The molecule has 1 heteroatoms. The molecule has 5 aromatic rings. The Labute approximate surface area is 275 Å². The molecule has 1 aliphatic rings. The van der Waals surface area contributed by atoms with Crippen LogP contribution in [0.2, 0.25) is 0 Å². The van der Waals surface area contributed by atoms with Crippen molar-refractivity contribution in [3.8, 4) is 11.1 Å². The summed E-state index contributed by atoms with van der Waals surface area (Å²) >= 11 is 0. The number of fused-ring (bicyclic) bond motifs is 3. The SMILES string of the molecule is CC(C)(C)c1[c-]c2c(cc1)-c1ccc(C(C)(C)C)cc1C2.[CH2-]C(c1ccccc1)c1ccccc1.[CH3-].[Hf+4].c1cc[cH-]c1. The normalized spacial score (nSPS) is 11.4. The van der Waals surface area contributed by atoms with Crippen LogP contribution < -0.4 is 0 Å². The standard InChI is InChI=1S/C21H25.C14H13.C5H5.CH3.Hf/c1-20(2,3)16-7-9-18-14(12-16)11-15-13-17(21(4,5)6)8-10-19(15)18;1-12(13-8-4-2-5-9-13)14-10-6-3-7-11-14;1-2-4-5-3-1;;/h7-10,12H,11H2,1-6H3;2-12H,1H2;1-5H;1H3;/q4*-1;+4. The first kappa shape index (κ1) is 35.3. The first-order valence-corrected chi connectivity index (χ1v) is 14.3. The summed E-state index contributed by atoms with van der Waals surface area (Å²) in [7, 11) is 0. The van der Waals surface area contributed by atoms with Gasteiger partial charge in [-0.2, -0.15) is 42.0 Å². The van der Waals surface area contributed by atoms with Gasteiger partial charge in [-0.15, -0.1) is 17.0 Å². The van der Waals surface area contributed by atoms with Crippen LogP contribution in [0.25, 0.3) is 11.1 Å². The summed E-state index contributed by atoms with van der Waals surface area (Å²) in [5, 5.41) is 0. The van der Waals surface area contributed by atoms with E-state index < -0.39 is 0 Å². The monoisotopic (exact) mass is 718 g/mol. The molecule has 214 valence electrons. The Bertz CT molecular complexity index is 1350. The third-order valence-corrected chi connectivity index (χ3v) is 7.42. The Balaban J connectivity index is 0.000000253. The van der Waals surface area contributed by atoms with Crippen LogP contribution in [0.4, 0.5) is 0 Å². The molecule has 0 unspecified atom stereocenters. The summed E-state index contributed by atoms with van der Waals surface area (Å²) in [5.74, 6) is 0.234. The summed E-state index contributed by atoms with van der Waals surface area (Å²) in [6.07, 6.45) is 1.03. The van der Waals surface area contributed by atoms with Crippen molar-refractivity contribution in [3.63, 3.8) is 0 Å². The molecule has 42 heavy (non-hydrogen) atoms. The van der Waals surface area contributed by atoms with Crippen LogP contribution in [-0.2, 0) is 43.1 Å². The molecule has 0 heterocycles. The zero-order chi connectivity index (χ0) is 28.8. The van der Waals surface area contributed by atoms with Gasteiger partial charge in [-0.25, -0.2) is 12.1 Å². The van der Waals surface area contributed by atoms with Gasteiger partial charge in [-0.3, -0.25) is 0 Å². The maximum absolute atomic E-state index is 4.18. The van der Waals surface area contributed by atoms with Gasteiger partial charge in [-0.05, 0) is 28.4 Å². The average molecular weight is 717 g/mol. The summed E-state index contributed by atoms with van der Waals surface area (Å²) in [5.41, 5.74) is 11.2. The summed E-state index contributed by atoms with van der Waals surface area (Å²) in [4.78, 5) is 0. The van der Waals surface area contributed by atoms with Crippen LogP contribution >= 0.6 is 0 Å². The van der Waals surface area contributed by atoms with E-state index in [1.165, 1.54) is 44.5 Å². The maximum atomic E-state index is 4.18. The number of hydrogen-bond donors (Lipinski definition) is 0. The van der Waals surface area contributed by atoms with Gasteiger partial charge in [0.15, 0.2) is 0 Å². The summed E-state index contributed by atoms with van der Waals surface area (Å²) < 4.78 is 0. The molecule has 0 radical (unpaired) electrons. The molecule has 0 aliphatic heterocycles. The number of hydrogen-bond acceptors (Lipinski definition) is 0. The molecular formula is C41H46Hf. The van der Waals surface area contributed by atoms with E-state index >= 15 is 0 Å². The number of benzene rings is 4. The minimum atomic E-state index is 0. The van der Waals surface area contributed by atoms with Crippen molar-refractivity contribution in [1.29, 1.82) is 0 Å². The molecule has 0 saturated carbocycles. The largest absolute Gasteiger partial charge is 4.00 e. The van der Waals surface area contributed by atoms with E-state index in [-0.39, 0.29) is 50.0 Å². The van der Waals surface area contributed by atoms with Gasteiger partial charge >= 0.3 is 25.8 Å². The van der Waals surface area contributed by atoms with Gasteiger partial charge in [0.1, 0.15) is 0 Å². The van der Waals surface area contributed by atoms with E-state index in [1.54, 1.807) is 0 Å². The first-order chi connectivity index (χ1) is 19.0. The molecule has 0 atom stereocenters. The molecule has 0 amide bonds. The summed E-state index contributed by atoms with van der Waals surface area (Å²) in [6.45, 7) is 17.8. The predicted molar refractivity (Wildman–Crippen MR) is 179 cm³/mol. The van der Waals surface area contributed by atoms with Gasteiger partial charge < -0.3 is 14.4 Å². The molecule has 0 spiro atoms. The topological polar surface area (TPSA) is 0 Å². The van der Waals surface area contributed by atoms with Gasteiger partial charge in [0.05, 0.1) is 0 Å². The van der Waals surface area contributed by atoms with Crippen LogP contribution in [0, 0.1) is 20.4 Å². The molecule has 6 rings (SSSR count). The smallest absolute Gasteiger partial charge is 0.358 e. The molecule has 5 aromatic carbocycles. The van der Waals surface area contributed by atoms with E-state index in [2.05, 4.69) is 133 Å². The third-order valence-electron chi connectivity index (χ3n) is 7.42. The minimum absolute atomic E-state index is 0. The van der Waals surface area contributed by atoms with E-state index in [0.717, 1.165) is 6.42 Å². The Hall–Kier alpha value is -2.90. The van der Waals surface area contributed by atoms with Crippen molar-refractivity contribution in [1.82, 2.24) is 0 Å². The van der Waals surface area contributed by atoms with Gasteiger partial charge in [0.2, 0.25) is 0 Å². The van der Waals surface area contributed by atoms with Crippen LogP contribution in [0.5, 0.6) is 0 Å². The molecule has 0 N–H and O–H groups in total. The molecule has 0 nitrogen and oxygen atoms in total. The van der Waals surface area contributed by atoms with Crippen molar-refractivity contribution in [2.45, 2.75) is 64.7 Å². The van der Waals surface area contributed by atoms with Crippen molar-refractivity contribution in [3.05, 3.63) is 175 Å². The van der Waals surface area contributed by atoms with E-state index in [1.807, 2.05) is 42.5 Å². The van der Waals surface area contributed by atoms with E-state index in [0.29, 0.717) is 0 Å². The van der Waals surface area contributed by atoms with Crippen LogP contribution in [-0.4, -0.2) is 0 Å². The van der Waals surface area contributed by atoms with Gasteiger partial charge in [0, 0.05) is 0 Å². The second-order valence-corrected chi connectivity index (χ2v) is 12.6. The Morgan fingerprint density at radius 2 is 1.19 bits per heavy atom. The Morgan fingerprint density at radius 1 is 0.667 bits per heavy atom. The zero-order valence-electron chi connectivity index (χ0n) is 26.5. The second kappa shape index (κ2) is 15.5. The Morgan fingerprint density at radius 3 is 1.64 bits per heavy atom. The zero-order valence-corrected chi connectivity index (χ0v) is 30.1. The van der Waals surface area contributed by atoms with E-state index in [9.17, 15) is 0 Å². The van der Waals surface area contributed by atoms with Crippen LogP contribution in [0.1, 0.15) is 80.8 Å². The molecule has 0 aromatic heterocycles. The quantitative estimate of drug-likeness (QED) is 0.124. The van der Waals surface area contributed by atoms with Gasteiger partial charge in [-0.1, -0.05) is 137 Å². The average Bonchev–Trinajstić information content (AvgIpc) is 3.64. The second-order valence-electron chi connectivity index (χ2n) is 12.6. The molecule has 0 fully saturated rings. The van der Waals surface area contributed by atoms with Crippen molar-refractivity contribution in [2.24, 2.45) is 0 Å². The van der Waals surface area contributed by atoms with Gasteiger partial charge in [0.25, 0.3) is 0 Å². The summed E-state index contributed by atoms with van der Waals surface area (Å²) in [6, 6.07) is 45.9. The van der Waals surface area contributed by atoms with Crippen molar-refractivity contribution >= 4 is 0 Å². The fourth-order valence-corrected chi connectivity index (χ4v) is 4.91. The minimum Gasteiger partial charge on any atom is -0.358 e. The first-order valence-electron chi connectivity index (χ1n) is 14.3.